The van der Waals surface area contributed by atoms with Crippen LogP contribution in [0.15, 0.2) is 41.0 Å². The summed E-state index contributed by atoms with van der Waals surface area (Å²) in [7, 11) is 0. The highest BCUT2D eigenvalue weighted by molar-refractivity contribution is 5.33. The maximum absolute atomic E-state index is 12.5. The van der Waals surface area contributed by atoms with Gasteiger partial charge in [0.1, 0.15) is 11.9 Å². The second-order valence-corrected chi connectivity index (χ2v) is 4.02. The van der Waals surface area contributed by atoms with Gasteiger partial charge in [-0.1, -0.05) is 12.1 Å². The molecule has 0 saturated carbocycles. The molecule has 0 fully saturated rings. The maximum atomic E-state index is 12.5. The maximum Gasteiger partial charge on any atom is 0.416 e. The molecule has 1 unspecified atom stereocenters. The molecule has 1 aromatic heterocycles. The fraction of sp³-hybridized carbons (Fsp3) is 0.231. The second kappa shape index (κ2) is 4.49. The Balaban J connectivity index is 2.34. The molecule has 0 spiro atoms. The van der Waals surface area contributed by atoms with E-state index in [1.807, 2.05) is 0 Å². The van der Waals surface area contributed by atoms with Crippen LogP contribution < -0.4 is 0 Å². The Kier molecular flexibility index (Phi) is 3.17. The molecule has 1 N–H and O–H groups in total. The highest BCUT2D eigenvalue weighted by Crippen LogP contribution is 2.32. The third-order valence-corrected chi connectivity index (χ3v) is 2.60. The van der Waals surface area contributed by atoms with Crippen LogP contribution >= 0.6 is 0 Å². The fourth-order valence-electron chi connectivity index (χ4n) is 1.68. The van der Waals surface area contributed by atoms with Gasteiger partial charge < -0.3 is 9.52 Å². The fourth-order valence-corrected chi connectivity index (χ4v) is 1.68. The average molecular weight is 256 g/mol. The van der Waals surface area contributed by atoms with Gasteiger partial charge in [-0.15, -0.1) is 0 Å². The van der Waals surface area contributed by atoms with Crippen LogP contribution in [0.3, 0.4) is 0 Å². The van der Waals surface area contributed by atoms with Crippen LogP contribution in [0.25, 0.3) is 0 Å². The predicted octanol–water partition coefficient (Wildman–Crippen LogP) is 3.69. The Morgan fingerprint density at radius 3 is 2.44 bits per heavy atom. The van der Waals surface area contributed by atoms with Crippen molar-refractivity contribution in [2.24, 2.45) is 0 Å². The smallest absolute Gasteiger partial charge is 0.416 e. The summed E-state index contributed by atoms with van der Waals surface area (Å²) in [4.78, 5) is 0. The molecule has 2 rings (SSSR count). The van der Waals surface area contributed by atoms with Gasteiger partial charge in [-0.05, 0) is 30.7 Å². The van der Waals surface area contributed by atoms with Gasteiger partial charge in [0.2, 0.25) is 0 Å². The molecule has 5 heteroatoms. The number of halogens is 3. The van der Waals surface area contributed by atoms with Crippen LogP contribution in [0.2, 0.25) is 0 Å². The summed E-state index contributed by atoms with van der Waals surface area (Å²) in [5, 5.41) is 9.97. The van der Waals surface area contributed by atoms with Crippen LogP contribution in [-0.4, -0.2) is 5.11 Å². The lowest BCUT2D eigenvalue weighted by Gasteiger charge is -2.12. The van der Waals surface area contributed by atoms with Gasteiger partial charge in [0.15, 0.2) is 0 Å². The largest absolute Gasteiger partial charge is 0.469 e. The lowest BCUT2D eigenvalue weighted by atomic mass is 10.0. The SMILES string of the molecule is Cc1cc(C(O)c2cccc(C(F)(F)F)c2)co1. The molecule has 0 aliphatic heterocycles. The van der Waals surface area contributed by atoms with E-state index in [0.29, 0.717) is 11.3 Å². The topological polar surface area (TPSA) is 33.4 Å². The quantitative estimate of drug-likeness (QED) is 0.889. The molecule has 1 atom stereocenters. The number of aryl methyl sites for hydroxylation is 1. The molecule has 96 valence electrons. The van der Waals surface area contributed by atoms with Crippen molar-refractivity contribution < 1.29 is 22.7 Å². The van der Waals surface area contributed by atoms with Gasteiger partial charge in [-0.25, -0.2) is 0 Å². The van der Waals surface area contributed by atoms with Crippen molar-refractivity contribution in [3.05, 3.63) is 59.0 Å². The van der Waals surface area contributed by atoms with Crippen molar-refractivity contribution in [1.82, 2.24) is 0 Å². The molecule has 1 heterocycles. The molecule has 0 amide bonds. The Labute approximate surface area is 102 Å². The first-order chi connectivity index (χ1) is 8.38. The van der Waals surface area contributed by atoms with E-state index in [9.17, 15) is 18.3 Å². The van der Waals surface area contributed by atoms with Gasteiger partial charge in [-0.2, -0.15) is 13.2 Å². The van der Waals surface area contributed by atoms with Gasteiger partial charge in [0, 0.05) is 5.56 Å². The van der Waals surface area contributed by atoms with E-state index in [-0.39, 0.29) is 5.56 Å². The number of benzene rings is 1. The van der Waals surface area contributed by atoms with Crippen LogP contribution in [0.1, 0.15) is 28.6 Å². The Hall–Kier alpha value is -1.75. The normalized spacial score (nSPS) is 13.6. The average Bonchev–Trinajstić information content (AvgIpc) is 2.74. The third kappa shape index (κ3) is 2.56. The Bertz CT molecular complexity index is 543. The summed E-state index contributed by atoms with van der Waals surface area (Å²) in [6, 6.07) is 6.21. The van der Waals surface area contributed by atoms with E-state index in [1.165, 1.54) is 18.4 Å². The molecule has 1 aromatic carbocycles. The highest BCUT2D eigenvalue weighted by atomic mass is 19.4. The van der Waals surface area contributed by atoms with Crippen molar-refractivity contribution >= 4 is 0 Å². The Morgan fingerprint density at radius 2 is 1.89 bits per heavy atom. The minimum atomic E-state index is -4.41. The van der Waals surface area contributed by atoms with E-state index in [1.54, 1.807) is 13.0 Å². The number of rotatable bonds is 2. The van der Waals surface area contributed by atoms with Crippen molar-refractivity contribution in [3.8, 4) is 0 Å². The van der Waals surface area contributed by atoms with Crippen molar-refractivity contribution in [3.63, 3.8) is 0 Å². The lowest BCUT2D eigenvalue weighted by molar-refractivity contribution is -0.137. The van der Waals surface area contributed by atoms with Gasteiger partial charge in [0.25, 0.3) is 0 Å². The molecule has 0 bridgehead atoms. The van der Waals surface area contributed by atoms with Crippen molar-refractivity contribution in [1.29, 1.82) is 0 Å². The zero-order valence-electron chi connectivity index (χ0n) is 9.53. The standard InChI is InChI=1S/C13H11F3O2/c1-8-5-10(7-18-8)12(17)9-3-2-4-11(6-9)13(14,15)16/h2-7,12,17H,1H3. The minimum Gasteiger partial charge on any atom is -0.469 e. The van der Waals surface area contributed by atoms with E-state index < -0.39 is 17.8 Å². The number of furan rings is 1. The van der Waals surface area contributed by atoms with Crippen molar-refractivity contribution in [2.45, 2.75) is 19.2 Å². The first-order valence-electron chi connectivity index (χ1n) is 5.28. The molecule has 0 aliphatic rings. The molecule has 0 saturated heterocycles. The minimum absolute atomic E-state index is 0.186. The molecule has 0 radical (unpaired) electrons. The monoisotopic (exact) mass is 256 g/mol. The summed E-state index contributed by atoms with van der Waals surface area (Å²) in [5.74, 6) is 0.594. The number of hydrogen-bond donors (Lipinski definition) is 1. The number of hydrogen-bond acceptors (Lipinski definition) is 2. The first-order valence-corrected chi connectivity index (χ1v) is 5.28. The zero-order valence-corrected chi connectivity index (χ0v) is 9.53. The summed E-state index contributed by atoms with van der Waals surface area (Å²) < 4.78 is 42.6. The van der Waals surface area contributed by atoms with Crippen LogP contribution in [-0.2, 0) is 6.18 Å². The van der Waals surface area contributed by atoms with Crippen LogP contribution in [0, 0.1) is 6.92 Å². The molecular weight excluding hydrogens is 245 g/mol. The molecule has 0 aliphatic carbocycles. The summed E-state index contributed by atoms with van der Waals surface area (Å²) in [5.41, 5.74) is -0.156. The predicted molar refractivity (Wildman–Crippen MR) is 59.0 cm³/mol. The number of aliphatic hydroxyl groups excluding tert-OH is 1. The third-order valence-electron chi connectivity index (χ3n) is 2.60. The van der Waals surface area contributed by atoms with E-state index >= 15 is 0 Å². The van der Waals surface area contributed by atoms with Crippen LogP contribution in [0.4, 0.5) is 13.2 Å². The zero-order chi connectivity index (χ0) is 13.3. The summed E-state index contributed by atoms with van der Waals surface area (Å²) >= 11 is 0. The van der Waals surface area contributed by atoms with E-state index in [0.717, 1.165) is 12.1 Å². The van der Waals surface area contributed by atoms with Crippen LogP contribution in [0.5, 0.6) is 0 Å². The number of alkyl halides is 3. The van der Waals surface area contributed by atoms with E-state index in [2.05, 4.69) is 0 Å². The summed E-state index contributed by atoms with van der Waals surface area (Å²) in [6.45, 7) is 1.70. The van der Waals surface area contributed by atoms with Crippen molar-refractivity contribution in [2.75, 3.05) is 0 Å². The molecule has 18 heavy (non-hydrogen) atoms. The molecule has 2 nitrogen and oxygen atoms in total. The lowest BCUT2D eigenvalue weighted by Crippen LogP contribution is -2.07. The molecule has 2 aromatic rings. The number of aliphatic hydroxyl groups is 1. The second-order valence-electron chi connectivity index (χ2n) is 4.02. The van der Waals surface area contributed by atoms with Gasteiger partial charge >= 0.3 is 6.18 Å². The molecular formula is C13H11F3O2. The Morgan fingerprint density at radius 1 is 1.17 bits per heavy atom. The van der Waals surface area contributed by atoms with E-state index in [4.69, 9.17) is 4.42 Å². The highest BCUT2D eigenvalue weighted by Gasteiger charge is 2.31. The first kappa shape index (κ1) is 12.7. The summed E-state index contributed by atoms with van der Waals surface area (Å²) in [6.07, 6.45) is -4.20. The van der Waals surface area contributed by atoms with Gasteiger partial charge in [-0.3, -0.25) is 0 Å². The van der Waals surface area contributed by atoms with Gasteiger partial charge in [0.05, 0.1) is 11.8 Å².